The number of hydrogen-bond donors (Lipinski definition) is 3. The van der Waals surface area contributed by atoms with Crippen LogP contribution in [0.5, 0.6) is 5.75 Å². The molecular formula is C35H47ClN2O5. The summed E-state index contributed by atoms with van der Waals surface area (Å²) in [5.74, 6) is -1.76. The average molecular weight is 611 g/mol. The molecule has 0 aliphatic heterocycles. The van der Waals surface area contributed by atoms with Crippen LogP contribution in [0.1, 0.15) is 72.1 Å². The van der Waals surface area contributed by atoms with Crippen molar-refractivity contribution in [2.75, 3.05) is 6.54 Å². The lowest BCUT2D eigenvalue weighted by molar-refractivity contribution is -0.145. The Morgan fingerprint density at radius 3 is 1.74 bits per heavy atom. The van der Waals surface area contributed by atoms with E-state index in [0.717, 1.165) is 38.5 Å². The highest BCUT2D eigenvalue weighted by Crippen LogP contribution is 2.21. The molecular weight excluding hydrogens is 564 g/mol. The first-order valence-corrected chi connectivity index (χ1v) is 15.2. The lowest BCUT2D eigenvalue weighted by atomic mass is 10.1. The monoisotopic (exact) mass is 610 g/mol. The highest BCUT2D eigenvalue weighted by Gasteiger charge is 2.33. The molecule has 0 saturated carbocycles. The molecule has 1 rings (SSSR count). The van der Waals surface area contributed by atoms with Gasteiger partial charge in [0, 0.05) is 18.0 Å². The molecule has 1 unspecified atom stereocenters. The normalized spacial score (nSPS) is 13.2. The number of benzene rings is 1. The van der Waals surface area contributed by atoms with E-state index in [1.54, 1.807) is 24.3 Å². The van der Waals surface area contributed by atoms with E-state index in [1.165, 1.54) is 13.8 Å². The summed E-state index contributed by atoms with van der Waals surface area (Å²) in [6.07, 6.45) is 31.8. The Kier molecular flexibility index (Phi) is 19.6. The van der Waals surface area contributed by atoms with E-state index in [0.29, 0.717) is 17.2 Å². The highest BCUT2D eigenvalue weighted by atomic mass is 35.5. The fraction of sp³-hybridized carbons (Fsp3) is 0.400. The Hall–Kier alpha value is -3.84. The van der Waals surface area contributed by atoms with Crippen molar-refractivity contribution in [1.29, 1.82) is 0 Å². The van der Waals surface area contributed by atoms with Crippen LogP contribution in [-0.4, -0.2) is 41.1 Å². The van der Waals surface area contributed by atoms with Gasteiger partial charge in [-0.05, 0) is 83.1 Å². The molecule has 2 amide bonds. The number of amides is 2. The van der Waals surface area contributed by atoms with Crippen molar-refractivity contribution >= 4 is 29.4 Å². The van der Waals surface area contributed by atoms with E-state index in [1.807, 2.05) is 12.2 Å². The van der Waals surface area contributed by atoms with Crippen LogP contribution in [0.15, 0.2) is 97.2 Å². The van der Waals surface area contributed by atoms with Crippen molar-refractivity contribution in [2.45, 2.75) is 83.8 Å². The maximum absolute atomic E-state index is 12.7. The largest absolute Gasteiger partial charge is 0.480 e. The number of rotatable bonds is 21. The Bertz CT molecular complexity index is 1150. The van der Waals surface area contributed by atoms with Crippen molar-refractivity contribution < 1.29 is 24.2 Å². The summed E-state index contributed by atoms with van der Waals surface area (Å²) in [5.41, 5.74) is -1.35. The van der Waals surface area contributed by atoms with Gasteiger partial charge in [0.2, 0.25) is 5.91 Å². The number of halogens is 1. The number of nitrogens with one attached hydrogen (secondary N) is 2. The number of carboxylic acids is 1. The molecule has 0 aromatic heterocycles. The molecule has 7 nitrogen and oxygen atoms in total. The minimum absolute atomic E-state index is 0.216. The van der Waals surface area contributed by atoms with Gasteiger partial charge < -0.3 is 20.5 Å². The molecule has 0 fully saturated rings. The smallest absolute Gasteiger partial charge is 0.328 e. The molecule has 1 aromatic carbocycles. The zero-order chi connectivity index (χ0) is 31.8. The van der Waals surface area contributed by atoms with Gasteiger partial charge in [-0.15, -0.1) is 0 Å². The first-order valence-electron chi connectivity index (χ1n) is 14.8. The van der Waals surface area contributed by atoms with Crippen LogP contribution in [0.2, 0.25) is 5.02 Å². The number of aliphatic carboxylic acids is 1. The standard InChI is InChI=1S/C35H47ClN2O5/c1-4-5-6-7-8-9-10-11-12-13-14-15-16-17-18-19-20-21-22-23-32(39)37-28-31(33(40)41)38-34(42)35(2,3)43-30-26-24-29(36)25-27-30/h5-6,8-9,11-12,14-15,17-18,20-21,24-27,31H,4,7,10,13,16,19,22-23,28H2,1-3H3,(H,37,39)(H,38,42)(H,40,41). The molecule has 43 heavy (non-hydrogen) atoms. The van der Waals surface area contributed by atoms with Crippen LogP contribution in [0.4, 0.5) is 0 Å². The molecule has 0 heterocycles. The number of hydrogen-bond acceptors (Lipinski definition) is 4. The van der Waals surface area contributed by atoms with Crippen molar-refractivity contribution in [3.8, 4) is 5.75 Å². The fourth-order valence-electron chi connectivity index (χ4n) is 3.53. The second-order valence-electron chi connectivity index (χ2n) is 10.2. The second kappa shape index (κ2) is 22.7. The molecule has 0 aliphatic carbocycles. The van der Waals surface area contributed by atoms with Gasteiger partial charge in [0.1, 0.15) is 11.8 Å². The molecule has 3 N–H and O–H groups in total. The summed E-state index contributed by atoms with van der Waals surface area (Å²) in [6.45, 7) is 4.96. The Morgan fingerprint density at radius 2 is 1.28 bits per heavy atom. The van der Waals surface area contributed by atoms with Gasteiger partial charge in [0.25, 0.3) is 5.91 Å². The molecule has 8 heteroatoms. The maximum Gasteiger partial charge on any atom is 0.328 e. The third-order valence-corrected chi connectivity index (χ3v) is 6.23. The van der Waals surface area contributed by atoms with Gasteiger partial charge in [0.05, 0.1) is 0 Å². The first kappa shape index (κ1) is 37.2. The molecule has 1 aromatic rings. The summed E-state index contributed by atoms with van der Waals surface area (Å²) >= 11 is 5.87. The van der Waals surface area contributed by atoms with E-state index in [2.05, 4.69) is 78.3 Å². The maximum atomic E-state index is 12.7. The van der Waals surface area contributed by atoms with Gasteiger partial charge in [0.15, 0.2) is 5.60 Å². The molecule has 0 bridgehead atoms. The van der Waals surface area contributed by atoms with E-state index in [4.69, 9.17) is 16.3 Å². The number of carboxylic acid groups (broad SMARTS) is 1. The quantitative estimate of drug-likeness (QED) is 0.124. The van der Waals surface area contributed by atoms with Crippen molar-refractivity contribution in [1.82, 2.24) is 10.6 Å². The number of carbonyl (C=O) groups excluding carboxylic acids is 2. The van der Waals surface area contributed by atoms with Crippen molar-refractivity contribution in [3.63, 3.8) is 0 Å². The van der Waals surface area contributed by atoms with E-state index >= 15 is 0 Å². The van der Waals surface area contributed by atoms with E-state index < -0.39 is 23.5 Å². The summed E-state index contributed by atoms with van der Waals surface area (Å²) in [6, 6.07) is 5.19. The minimum Gasteiger partial charge on any atom is -0.480 e. The predicted molar refractivity (Wildman–Crippen MR) is 176 cm³/mol. The first-order chi connectivity index (χ1) is 20.7. The van der Waals surface area contributed by atoms with Gasteiger partial charge >= 0.3 is 5.97 Å². The Labute approximate surface area is 262 Å². The number of ether oxygens (including phenoxy) is 1. The van der Waals surface area contributed by atoms with Gasteiger partial charge in [-0.3, -0.25) is 9.59 Å². The summed E-state index contributed by atoms with van der Waals surface area (Å²) in [7, 11) is 0. The third kappa shape index (κ3) is 19.1. The Balaban J connectivity index is 2.23. The summed E-state index contributed by atoms with van der Waals surface area (Å²) < 4.78 is 5.70. The van der Waals surface area contributed by atoms with Crippen LogP contribution in [0.25, 0.3) is 0 Å². The molecule has 0 saturated heterocycles. The molecule has 1 atom stereocenters. The second-order valence-corrected chi connectivity index (χ2v) is 10.6. The zero-order valence-electron chi connectivity index (χ0n) is 25.6. The van der Waals surface area contributed by atoms with Gasteiger partial charge in [-0.25, -0.2) is 4.79 Å². The highest BCUT2D eigenvalue weighted by molar-refractivity contribution is 6.30. The summed E-state index contributed by atoms with van der Waals surface area (Å²) in [5, 5.41) is 15.1. The van der Waals surface area contributed by atoms with Gasteiger partial charge in [-0.1, -0.05) is 91.4 Å². The predicted octanol–water partition coefficient (Wildman–Crippen LogP) is 7.66. The van der Waals surface area contributed by atoms with Crippen molar-refractivity contribution in [2.24, 2.45) is 0 Å². The number of carbonyl (C=O) groups is 3. The molecule has 0 aliphatic rings. The third-order valence-electron chi connectivity index (χ3n) is 5.97. The SMILES string of the molecule is CCC=CCC=CCC=CCC=CCC=CCC=CCCC(=O)NCC(NC(=O)C(C)(C)Oc1ccc(Cl)cc1)C(=O)O. The minimum atomic E-state index is -1.35. The van der Waals surface area contributed by atoms with Crippen LogP contribution in [-0.2, 0) is 14.4 Å². The van der Waals surface area contributed by atoms with Crippen LogP contribution in [0, 0.1) is 0 Å². The van der Waals surface area contributed by atoms with E-state index in [9.17, 15) is 19.5 Å². The van der Waals surface area contributed by atoms with Crippen molar-refractivity contribution in [3.05, 3.63) is 102 Å². The molecule has 234 valence electrons. The molecule has 0 radical (unpaired) electrons. The topological polar surface area (TPSA) is 105 Å². The van der Waals surface area contributed by atoms with Gasteiger partial charge in [-0.2, -0.15) is 0 Å². The molecule has 0 spiro atoms. The summed E-state index contributed by atoms with van der Waals surface area (Å²) in [4.78, 5) is 36.5. The van der Waals surface area contributed by atoms with Crippen LogP contribution in [0.3, 0.4) is 0 Å². The zero-order valence-corrected chi connectivity index (χ0v) is 26.4. The fourth-order valence-corrected chi connectivity index (χ4v) is 3.66. The van der Waals surface area contributed by atoms with Crippen LogP contribution < -0.4 is 15.4 Å². The lowest BCUT2D eigenvalue weighted by Crippen LogP contribution is -2.55. The Morgan fingerprint density at radius 1 is 0.814 bits per heavy atom. The van der Waals surface area contributed by atoms with Crippen LogP contribution >= 0.6 is 11.6 Å². The average Bonchev–Trinajstić information content (AvgIpc) is 2.97. The lowest BCUT2D eigenvalue weighted by Gasteiger charge is -2.27. The van der Waals surface area contributed by atoms with E-state index in [-0.39, 0.29) is 18.9 Å². The number of allylic oxidation sites excluding steroid dienone is 12.